The van der Waals surface area contributed by atoms with E-state index in [9.17, 15) is 17.4 Å². The van der Waals surface area contributed by atoms with Crippen molar-refractivity contribution in [3.05, 3.63) is 29.6 Å². The Balaban J connectivity index is 3.34. The van der Waals surface area contributed by atoms with Crippen molar-refractivity contribution in [1.29, 1.82) is 0 Å². The molecular weight excluding hydrogens is 219 g/mol. The molecule has 0 amide bonds. The molecule has 15 heavy (non-hydrogen) atoms. The van der Waals surface area contributed by atoms with Crippen LogP contribution < -0.4 is 0 Å². The van der Waals surface area contributed by atoms with Crippen molar-refractivity contribution in [2.24, 2.45) is 0 Å². The molecule has 1 aromatic rings. The maximum Gasteiger partial charge on any atom is 0.128 e. The fourth-order valence-electron chi connectivity index (χ4n) is 1.26. The van der Waals surface area contributed by atoms with Crippen LogP contribution in [0.2, 0.25) is 0 Å². The summed E-state index contributed by atoms with van der Waals surface area (Å²) in [4.78, 5) is -0.534. The first-order valence-electron chi connectivity index (χ1n) is 4.38. The Labute approximate surface area is 88.7 Å². The van der Waals surface area contributed by atoms with Crippen molar-refractivity contribution in [2.75, 3.05) is 0 Å². The number of hydrogen-bond acceptors (Lipinski definition) is 3. The van der Waals surface area contributed by atoms with Crippen LogP contribution in [0, 0.1) is 5.82 Å². The minimum atomic E-state index is -4.58. The molecular formula is C10H12FO3S-. The minimum Gasteiger partial charge on any atom is -0.744 e. The third-order valence-corrected chi connectivity index (χ3v) is 2.87. The zero-order valence-corrected chi connectivity index (χ0v) is 9.56. The fraction of sp³-hybridized carbons (Fsp3) is 0.400. The van der Waals surface area contributed by atoms with E-state index in [-0.39, 0.29) is 0 Å². The first-order chi connectivity index (χ1) is 6.62. The van der Waals surface area contributed by atoms with E-state index in [2.05, 4.69) is 0 Å². The van der Waals surface area contributed by atoms with Crippen LogP contribution in [-0.2, 0) is 15.5 Å². The van der Waals surface area contributed by atoms with E-state index in [1.54, 1.807) is 20.8 Å². The topological polar surface area (TPSA) is 57.2 Å². The zero-order valence-electron chi connectivity index (χ0n) is 8.74. The lowest BCUT2D eigenvalue weighted by molar-refractivity contribution is 0.460. The lowest BCUT2D eigenvalue weighted by Gasteiger charge is -2.20. The lowest BCUT2D eigenvalue weighted by atomic mass is 9.87. The summed E-state index contributed by atoms with van der Waals surface area (Å²) in [5.74, 6) is -0.667. The second-order valence-electron chi connectivity index (χ2n) is 4.35. The summed E-state index contributed by atoms with van der Waals surface area (Å²) in [5.41, 5.74) is -0.0372. The van der Waals surface area contributed by atoms with Crippen molar-refractivity contribution < 1.29 is 17.4 Å². The Bertz CT molecular complexity index is 472. The van der Waals surface area contributed by atoms with Gasteiger partial charge in [-0.25, -0.2) is 12.8 Å². The molecule has 0 aliphatic heterocycles. The fourth-order valence-corrected chi connectivity index (χ4v) is 1.74. The third-order valence-electron chi connectivity index (χ3n) is 2.04. The van der Waals surface area contributed by atoms with Gasteiger partial charge in [0.25, 0.3) is 0 Å². The van der Waals surface area contributed by atoms with Gasteiger partial charge in [-0.05, 0) is 23.1 Å². The molecule has 3 nitrogen and oxygen atoms in total. The molecule has 0 N–H and O–H groups in total. The Morgan fingerprint density at radius 1 is 1.27 bits per heavy atom. The largest absolute Gasteiger partial charge is 0.744 e. The average Bonchev–Trinajstić information content (AvgIpc) is 1.99. The molecule has 0 aromatic heterocycles. The number of rotatable bonds is 1. The van der Waals surface area contributed by atoms with Gasteiger partial charge in [0.05, 0.1) is 4.90 Å². The quantitative estimate of drug-likeness (QED) is 0.695. The lowest BCUT2D eigenvalue weighted by Crippen LogP contribution is -2.14. The first kappa shape index (κ1) is 12.1. The van der Waals surface area contributed by atoms with E-state index in [0.717, 1.165) is 12.1 Å². The van der Waals surface area contributed by atoms with Crippen molar-refractivity contribution in [2.45, 2.75) is 31.1 Å². The van der Waals surface area contributed by atoms with Gasteiger partial charge in [-0.15, -0.1) is 0 Å². The molecule has 0 aliphatic rings. The van der Waals surface area contributed by atoms with Gasteiger partial charge in [-0.2, -0.15) is 0 Å². The summed E-state index contributed by atoms with van der Waals surface area (Å²) < 4.78 is 45.3. The van der Waals surface area contributed by atoms with Gasteiger partial charge in [-0.1, -0.05) is 26.8 Å². The normalized spacial score (nSPS) is 12.9. The minimum absolute atomic E-state index is 0.384. The summed E-state index contributed by atoms with van der Waals surface area (Å²) in [6, 6.07) is 3.23. The van der Waals surface area contributed by atoms with Gasteiger partial charge < -0.3 is 4.55 Å². The highest BCUT2D eigenvalue weighted by Gasteiger charge is 2.19. The zero-order chi connectivity index (χ0) is 11.9. The molecule has 0 saturated carbocycles. The van der Waals surface area contributed by atoms with E-state index in [1.807, 2.05) is 0 Å². The van der Waals surface area contributed by atoms with Crippen LogP contribution in [0.3, 0.4) is 0 Å². The third kappa shape index (κ3) is 2.76. The smallest absolute Gasteiger partial charge is 0.128 e. The van der Waals surface area contributed by atoms with Gasteiger partial charge in [0.1, 0.15) is 15.9 Å². The molecule has 0 radical (unpaired) electrons. The summed E-state index contributed by atoms with van der Waals surface area (Å²) in [6.45, 7) is 5.41. The van der Waals surface area contributed by atoms with Crippen molar-refractivity contribution in [3.8, 4) is 0 Å². The highest BCUT2D eigenvalue weighted by Crippen LogP contribution is 2.26. The number of halogens is 1. The summed E-state index contributed by atoms with van der Waals surface area (Å²) in [5, 5.41) is 0. The molecule has 0 bridgehead atoms. The molecule has 0 aliphatic carbocycles. The van der Waals surface area contributed by atoms with Crippen LogP contribution in [0.15, 0.2) is 23.1 Å². The maximum atomic E-state index is 13.5. The van der Waals surface area contributed by atoms with Crippen LogP contribution in [0.25, 0.3) is 0 Å². The molecule has 1 aromatic carbocycles. The summed E-state index contributed by atoms with van der Waals surface area (Å²) >= 11 is 0. The van der Waals surface area contributed by atoms with E-state index < -0.39 is 26.2 Å². The van der Waals surface area contributed by atoms with E-state index in [1.165, 1.54) is 6.07 Å². The van der Waals surface area contributed by atoms with Crippen LogP contribution in [0.1, 0.15) is 26.3 Å². The van der Waals surface area contributed by atoms with Crippen molar-refractivity contribution >= 4 is 10.1 Å². The van der Waals surface area contributed by atoms with Crippen LogP contribution in [0.5, 0.6) is 0 Å². The summed E-state index contributed by atoms with van der Waals surface area (Å²) in [7, 11) is -4.58. The second-order valence-corrected chi connectivity index (χ2v) is 5.73. The molecule has 0 unspecified atom stereocenters. The number of hydrogen-bond donors (Lipinski definition) is 0. The van der Waals surface area contributed by atoms with E-state index in [4.69, 9.17) is 0 Å². The average molecular weight is 231 g/mol. The highest BCUT2D eigenvalue weighted by atomic mass is 32.2. The standard InChI is InChI=1S/C10H13FO3S/c1-10(2,3)8-5-4-7(6-9(8)11)15(12,13)14/h4-6H,1-3H3,(H,12,13,14)/p-1. The predicted octanol–water partition coefficient (Wildman–Crippen LogP) is 2.03. The van der Waals surface area contributed by atoms with Crippen molar-refractivity contribution in [1.82, 2.24) is 0 Å². The molecule has 0 saturated heterocycles. The van der Waals surface area contributed by atoms with Crippen molar-refractivity contribution in [3.63, 3.8) is 0 Å². The van der Waals surface area contributed by atoms with E-state index in [0.29, 0.717) is 5.56 Å². The van der Waals surface area contributed by atoms with Crippen LogP contribution >= 0.6 is 0 Å². The second kappa shape index (κ2) is 3.57. The SMILES string of the molecule is CC(C)(C)c1ccc(S(=O)(=O)[O-])cc1F. The maximum absolute atomic E-state index is 13.5. The number of benzene rings is 1. The van der Waals surface area contributed by atoms with Gasteiger partial charge >= 0.3 is 0 Å². The Hall–Kier alpha value is -0.940. The summed E-state index contributed by atoms with van der Waals surface area (Å²) in [6.07, 6.45) is 0. The van der Waals surface area contributed by atoms with Crippen LogP contribution in [0.4, 0.5) is 4.39 Å². The van der Waals surface area contributed by atoms with Gasteiger partial charge in [0.2, 0.25) is 0 Å². The first-order valence-corrected chi connectivity index (χ1v) is 5.79. The monoisotopic (exact) mass is 231 g/mol. The van der Waals surface area contributed by atoms with E-state index >= 15 is 0 Å². The van der Waals surface area contributed by atoms with Crippen LogP contribution in [-0.4, -0.2) is 13.0 Å². The Morgan fingerprint density at radius 3 is 2.13 bits per heavy atom. The Morgan fingerprint density at radius 2 is 1.80 bits per heavy atom. The van der Waals surface area contributed by atoms with Gasteiger partial charge in [0.15, 0.2) is 0 Å². The molecule has 1 rings (SSSR count). The molecule has 84 valence electrons. The molecule has 0 heterocycles. The predicted molar refractivity (Wildman–Crippen MR) is 53.1 cm³/mol. The van der Waals surface area contributed by atoms with Gasteiger partial charge in [-0.3, -0.25) is 0 Å². The highest BCUT2D eigenvalue weighted by molar-refractivity contribution is 7.85. The molecule has 0 spiro atoms. The molecule has 5 heteroatoms. The molecule has 0 fully saturated rings. The molecule has 0 atom stereocenters. The Kier molecular flexibility index (Phi) is 2.89. The van der Waals surface area contributed by atoms with Gasteiger partial charge in [0, 0.05) is 0 Å².